The second-order valence-corrected chi connectivity index (χ2v) is 8.84. The minimum absolute atomic E-state index is 0.199. The average Bonchev–Trinajstić information content (AvgIpc) is 3.15. The molecular weight excluding hydrogens is 378 g/mol. The van der Waals surface area contributed by atoms with Crippen molar-refractivity contribution in [3.05, 3.63) is 64.6 Å². The van der Waals surface area contributed by atoms with Crippen LogP contribution in [0, 0.1) is 0 Å². The Morgan fingerprint density at radius 1 is 1.13 bits per heavy atom. The summed E-state index contributed by atoms with van der Waals surface area (Å²) in [7, 11) is -1.98. The molecule has 3 atom stereocenters. The Morgan fingerprint density at radius 3 is 2.30 bits per heavy atom. The van der Waals surface area contributed by atoms with Crippen molar-refractivity contribution in [2.24, 2.45) is 5.73 Å². The van der Waals surface area contributed by atoms with Gasteiger partial charge in [0.1, 0.15) is 0 Å². The van der Waals surface area contributed by atoms with Crippen molar-refractivity contribution in [1.82, 2.24) is 0 Å². The number of methoxy groups -OCH3 is 1. The molecule has 3 rings (SSSR count). The molecule has 0 unspecified atom stereocenters. The maximum absolute atomic E-state index is 13.0. The zero-order valence-corrected chi connectivity index (χ0v) is 15.0. The van der Waals surface area contributed by atoms with Gasteiger partial charge in [0, 0.05) is 17.5 Å². The molecule has 1 aliphatic carbocycles. The van der Waals surface area contributed by atoms with Gasteiger partial charge in [-0.15, -0.1) is 0 Å². The van der Waals surface area contributed by atoms with E-state index in [-0.39, 0.29) is 12.5 Å². The molecule has 0 amide bonds. The van der Waals surface area contributed by atoms with Crippen molar-refractivity contribution < 1.29 is 13.2 Å². The van der Waals surface area contributed by atoms with Crippen LogP contribution in [-0.4, -0.2) is 32.9 Å². The first-order valence-electron chi connectivity index (χ1n) is 7.23. The lowest BCUT2D eigenvalue weighted by Gasteiger charge is -2.11. The van der Waals surface area contributed by atoms with Gasteiger partial charge in [-0.2, -0.15) is 0 Å². The zero-order chi connectivity index (χ0) is 16.7. The summed E-state index contributed by atoms with van der Waals surface area (Å²) in [4.78, 5) is 0.301. The standard InChI is InChI=1S/C17H18BrNO3S/c1-22-11-17(19)15(12-7-9-13(18)10-8-12)16(17)23(20,21)14-5-3-2-4-6-14/h2-10,15-16H,11,19H2,1H3/t15-,16+,17-/m0/s1. The Morgan fingerprint density at radius 2 is 1.74 bits per heavy atom. The number of sulfone groups is 1. The molecular formula is C17H18BrNO3S. The Bertz CT molecular complexity index is 792. The third-order valence-corrected chi connectivity index (χ3v) is 7.17. The van der Waals surface area contributed by atoms with Crippen molar-refractivity contribution in [2.45, 2.75) is 21.6 Å². The molecule has 0 bridgehead atoms. The summed E-state index contributed by atoms with van der Waals surface area (Å²) in [6.07, 6.45) is 0. The molecule has 0 aliphatic heterocycles. The van der Waals surface area contributed by atoms with E-state index in [1.165, 1.54) is 7.11 Å². The van der Waals surface area contributed by atoms with Crippen molar-refractivity contribution in [3.63, 3.8) is 0 Å². The lowest BCUT2D eigenvalue weighted by molar-refractivity contribution is 0.171. The Hall–Kier alpha value is -1.21. The normalized spacial score (nSPS) is 26.9. The van der Waals surface area contributed by atoms with E-state index in [4.69, 9.17) is 10.5 Å². The molecule has 0 spiro atoms. The van der Waals surface area contributed by atoms with Crippen LogP contribution in [0.15, 0.2) is 64.0 Å². The molecule has 0 saturated heterocycles. The quantitative estimate of drug-likeness (QED) is 0.844. The SMILES string of the molecule is COC[C@@]1(N)[C@H](S(=O)(=O)c2ccccc2)[C@@H]1c1ccc(Br)cc1. The van der Waals surface area contributed by atoms with Crippen LogP contribution in [0.2, 0.25) is 0 Å². The van der Waals surface area contributed by atoms with E-state index >= 15 is 0 Å². The molecule has 1 saturated carbocycles. The summed E-state index contributed by atoms with van der Waals surface area (Å²) in [5.74, 6) is -0.277. The number of ether oxygens (including phenoxy) is 1. The number of hydrogen-bond donors (Lipinski definition) is 1. The van der Waals surface area contributed by atoms with E-state index in [0.717, 1.165) is 10.0 Å². The van der Waals surface area contributed by atoms with Crippen molar-refractivity contribution in [3.8, 4) is 0 Å². The van der Waals surface area contributed by atoms with Crippen LogP contribution in [0.5, 0.6) is 0 Å². The van der Waals surface area contributed by atoms with Gasteiger partial charge in [0.25, 0.3) is 0 Å². The van der Waals surface area contributed by atoms with Crippen LogP contribution < -0.4 is 5.73 Å². The van der Waals surface area contributed by atoms with Crippen molar-refractivity contribution in [2.75, 3.05) is 13.7 Å². The third-order valence-electron chi connectivity index (χ3n) is 4.33. The van der Waals surface area contributed by atoms with Gasteiger partial charge in [0.2, 0.25) is 0 Å². The van der Waals surface area contributed by atoms with E-state index in [1.54, 1.807) is 30.3 Å². The van der Waals surface area contributed by atoms with E-state index in [1.807, 2.05) is 24.3 Å². The second kappa shape index (κ2) is 6.02. The highest BCUT2D eigenvalue weighted by Gasteiger charge is 2.69. The molecule has 1 aliphatic rings. The van der Waals surface area contributed by atoms with Crippen molar-refractivity contribution in [1.29, 1.82) is 0 Å². The molecule has 0 radical (unpaired) electrons. The lowest BCUT2D eigenvalue weighted by atomic mass is 10.1. The lowest BCUT2D eigenvalue weighted by Crippen LogP contribution is -2.35. The van der Waals surface area contributed by atoms with Crippen LogP contribution in [0.3, 0.4) is 0 Å². The fraction of sp³-hybridized carbons (Fsp3) is 0.294. The highest BCUT2D eigenvalue weighted by Crippen LogP contribution is 2.55. The van der Waals surface area contributed by atoms with Gasteiger partial charge >= 0.3 is 0 Å². The van der Waals surface area contributed by atoms with Gasteiger partial charge < -0.3 is 10.5 Å². The molecule has 23 heavy (non-hydrogen) atoms. The van der Waals surface area contributed by atoms with Gasteiger partial charge in [-0.25, -0.2) is 8.42 Å². The number of hydrogen-bond acceptors (Lipinski definition) is 4. The second-order valence-electron chi connectivity index (χ2n) is 5.85. The first-order valence-corrected chi connectivity index (χ1v) is 9.57. The summed E-state index contributed by atoms with van der Waals surface area (Å²) in [5.41, 5.74) is 6.43. The molecule has 122 valence electrons. The largest absolute Gasteiger partial charge is 0.383 e. The highest BCUT2D eigenvalue weighted by molar-refractivity contribution is 9.10. The van der Waals surface area contributed by atoms with Crippen LogP contribution in [0.4, 0.5) is 0 Å². The molecule has 2 N–H and O–H groups in total. The van der Waals surface area contributed by atoms with Crippen LogP contribution >= 0.6 is 15.9 Å². The zero-order valence-electron chi connectivity index (χ0n) is 12.6. The maximum Gasteiger partial charge on any atom is 0.183 e. The van der Waals surface area contributed by atoms with E-state index < -0.39 is 20.6 Å². The molecule has 2 aromatic rings. The number of benzene rings is 2. The predicted molar refractivity (Wildman–Crippen MR) is 93.1 cm³/mol. The highest BCUT2D eigenvalue weighted by atomic mass is 79.9. The Labute approximate surface area is 144 Å². The van der Waals surface area contributed by atoms with E-state index in [0.29, 0.717) is 4.90 Å². The minimum atomic E-state index is -3.52. The summed E-state index contributed by atoms with van der Waals surface area (Å²) < 4.78 is 32.1. The van der Waals surface area contributed by atoms with Crippen molar-refractivity contribution >= 4 is 25.8 Å². The Balaban J connectivity index is 2.01. The number of nitrogens with two attached hydrogens (primary N) is 1. The predicted octanol–water partition coefficient (Wildman–Crippen LogP) is 2.73. The van der Waals surface area contributed by atoms with Gasteiger partial charge in [-0.3, -0.25) is 0 Å². The summed E-state index contributed by atoms with van der Waals surface area (Å²) >= 11 is 3.39. The monoisotopic (exact) mass is 395 g/mol. The van der Waals surface area contributed by atoms with Crippen LogP contribution in [0.25, 0.3) is 0 Å². The molecule has 0 heterocycles. The van der Waals surface area contributed by atoms with E-state index in [2.05, 4.69) is 15.9 Å². The molecule has 0 aromatic heterocycles. The first kappa shape index (κ1) is 16.6. The van der Waals surface area contributed by atoms with Gasteiger partial charge in [-0.1, -0.05) is 46.3 Å². The summed E-state index contributed by atoms with van der Waals surface area (Å²) in [6.45, 7) is 0.199. The van der Waals surface area contributed by atoms with Gasteiger partial charge in [-0.05, 0) is 29.8 Å². The molecule has 1 fully saturated rings. The first-order chi connectivity index (χ1) is 10.9. The van der Waals surface area contributed by atoms with Gasteiger partial charge in [0.15, 0.2) is 9.84 Å². The third kappa shape index (κ3) is 2.85. The number of halogens is 1. The summed E-state index contributed by atoms with van der Waals surface area (Å²) in [6, 6.07) is 16.1. The molecule has 6 heteroatoms. The topological polar surface area (TPSA) is 69.4 Å². The average molecular weight is 396 g/mol. The van der Waals surface area contributed by atoms with Crippen LogP contribution in [0.1, 0.15) is 11.5 Å². The maximum atomic E-state index is 13.0. The fourth-order valence-corrected chi connectivity index (χ4v) is 5.80. The number of rotatable bonds is 5. The Kier molecular flexibility index (Phi) is 4.35. The molecule has 4 nitrogen and oxygen atoms in total. The fourth-order valence-electron chi connectivity index (χ4n) is 3.22. The smallest absolute Gasteiger partial charge is 0.183 e. The van der Waals surface area contributed by atoms with Gasteiger partial charge in [0.05, 0.1) is 22.3 Å². The minimum Gasteiger partial charge on any atom is -0.383 e. The van der Waals surface area contributed by atoms with Crippen LogP contribution in [-0.2, 0) is 14.6 Å². The molecule has 2 aromatic carbocycles. The summed E-state index contributed by atoms with van der Waals surface area (Å²) in [5, 5.41) is -0.682. The van der Waals surface area contributed by atoms with E-state index in [9.17, 15) is 8.42 Å².